The van der Waals surface area contributed by atoms with Crippen LogP contribution in [-0.2, 0) is 27.9 Å². The normalized spacial score (nSPS) is 14.3. The molecule has 0 radical (unpaired) electrons. The molecule has 0 spiro atoms. The maximum Gasteiger partial charge on any atom is 0.250 e. The second-order valence-corrected chi connectivity index (χ2v) is 12.7. The van der Waals surface area contributed by atoms with Crippen LogP contribution in [0, 0.1) is 12.8 Å². The number of Topliss-reactive ketones (excluding diaryl/α,β-unsaturated/α-hetero) is 1. The molecule has 0 saturated heterocycles. The van der Waals surface area contributed by atoms with Crippen molar-refractivity contribution in [2.75, 3.05) is 6.54 Å². The number of hydrogen-bond donors (Lipinski definition) is 2. The molecular formula is C28H34N4O5S2. The summed E-state index contributed by atoms with van der Waals surface area (Å²) in [5, 5.41) is 7.16. The highest BCUT2D eigenvalue weighted by atomic mass is 32.2. The molecule has 0 unspecified atom stereocenters. The van der Waals surface area contributed by atoms with Crippen LogP contribution in [0.3, 0.4) is 0 Å². The van der Waals surface area contributed by atoms with Gasteiger partial charge in [0.1, 0.15) is 0 Å². The van der Waals surface area contributed by atoms with Crippen LogP contribution in [-0.4, -0.2) is 42.0 Å². The summed E-state index contributed by atoms with van der Waals surface area (Å²) in [6, 6.07) is 11.4. The lowest BCUT2D eigenvalue weighted by Gasteiger charge is -2.27. The quantitative estimate of drug-likeness (QED) is 0.337. The summed E-state index contributed by atoms with van der Waals surface area (Å²) in [5.74, 6) is -0.777. The first kappa shape index (κ1) is 28.7. The summed E-state index contributed by atoms with van der Waals surface area (Å²) < 4.78 is 25.1. The molecule has 11 heteroatoms. The van der Waals surface area contributed by atoms with E-state index in [9.17, 15) is 22.8 Å². The van der Waals surface area contributed by atoms with Crippen LogP contribution in [0.4, 0.5) is 0 Å². The standard InChI is InChI=1S/C28H34N4O5S2/c1-19-24(28(29)35)15-25(32(19)17-22-8-5-13-38-22)26(33)18-31(27(34)14-20-6-3-2-4-7-20)16-21-9-11-23(12-10-21)39(30,36)37/h5,8-13,15,20H,2-4,6-7,14,16-18H2,1H3,(H2,29,35)(H2,30,36,37). The number of benzene rings is 1. The number of hydrogen-bond acceptors (Lipinski definition) is 6. The number of thiophene rings is 1. The number of amides is 2. The average molecular weight is 571 g/mol. The van der Waals surface area contributed by atoms with Gasteiger partial charge in [0, 0.05) is 23.5 Å². The zero-order valence-electron chi connectivity index (χ0n) is 22.0. The summed E-state index contributed by atoms with van der Waals surface area (Å²) in [4.78, 5) is 41.8. The molecule has 39 heavy (non-hydrogen) atoms. The molecule has 2 heterocycles. The van der Waals surface area contributed by atoms with Crippen LogP contribution in [0.2, 0.25) is 0 Å². The van der Waals surface area contributed by atoms with Gasteiger partial charge < -0.3 is 15.2 Å². The van der Waals surface area contributed by atoms with Crippen LogP contribution in [0.15, 0.2) is 52.7 Å². The Morgan fingerprint density at radius 3 is 2.36 bits per heavy atom. The zero-order valence-corrected chi connectivity index (χ0v) is 23.6. The average Bonchev–Trinajstić information content (AvgIpc) is 3.52. The second-order valence-electron chi connectivity index (χ2n) is 10.1. The smallest absolute Gasteiger partial charge is 0.250 e. The molecule has 2 amide bonds. The molecule has 1 saturated carbocycles. The lowest BCUT2D eigenvalue weighted by molar-refractivity contribution is -0.132. The highest BCUT2D eigenvalue weighted by Gasteiger charge is 2.26. The first-order valence-electron chi connectivity index (χ1n) is 13.0. The molecule has 1 aliphatic rings. The van der Waals surface area contributed by atoms with Gasteiger partial charge in [-0.3, -0.25) is 14.4 Å². The van der Waals surface area contributed by atoms with Crippen molar-refractivity contribution in [2.24, 2.45) is 16.8 Å². The molecule has 4 rings (SSSR count). The van der Waals surface area contributed by atoms with Gasteiger partial charge in [0.05, 0.1) is 29.2 Å². The van der Waals surface area contributed by atoms with E-state index in [1.165, 1.54) is 29.5 Å². The van der Waals surface area contributed by atoms with Crippen molar-refractivity contribution in [1.82, 2.24) is 9.47 Å². The molecule has 0 bridgehead atoms. The lowest BCUT2D eigenvalue weighted by Crippen LogP contribution is -2.37. The van der Waals surface area contributed by atoms with E-state index in [1.807, 2.05) is 17.5 Å². The largest absolute Gasteiger partial charge is 0.366 e. The van der Waals surface area contributed by atoms with E-state index < -0.39 is 15.9 Å². The number of carbonyl (C=O) groups excluding carboxylic acids is 3. The summed E-state index contributed by atoms with van der Waals surface area (Å²) in [7, 11) is -3.85. The third-order valence-corrected chi connectivity index (χ3v) is 9.10. The summed E-state index contributed by atoms with van der Waals surface area (Å²) in [5.41, 5.74) is 7.45. The Balaban J connectivity index is 1.61. The van der Waals surface area contributed by atoms with Crippen LogP contribution in [0.25, 0.3) is 0 Å². The number of aromatic nitrogens is 1. The molecule has 3 aromatic rings. The third kappa shape index (κ3) is 7.23. The Hall–Kier alpha value is -3.28. The van der Waals surface area contributed by atoms with Gasteiger partial charge in [-0.15, -0.1) is 11.3 Å². The Labute approximate surface area is 232 Å². The zero-order chi connectivity index (χ0) is 28.2. The molecule has 1 fully saturated rings. The van der Waals surface area contributed by atoms with E-state index >= 15 is 0 Å². The van der Waals surface area contributed by atoms with Crippen LogP contribution < -0.4 is 10.9 Å². The van der Waals surface area contributed by atoms with Gasteiger partial charge in [-0.2, -0.15) is 0 Å². The maximum atomic E-state index is 13.7. The van der Waals surface area contributed by atoms with Gasteiger partial charge >= 0.3 is 0 Å². The monoisotopic (exact) mass is 570 g/mol. The second kappa shape index (κ2) is 12.3. The van der Waals surface area contributed by atoms with Gasteiger partial charge in [0.15, 0.2) is 5.78 Å². The maximum absolute atomic E-state index is 13.7. The molecule has 0 atom stereocenters. The first-order chi connectivity index (χ1) is 18.5. The predicted octanol–water partition coefficient (Wildman–Crippen LogP) is 3.83. The SMILES string of the molecule is Cc1c(C(N)=O)cc(C(=O)CN(Cc2ccc(S(N)(=O)=O)cc2)C(=O)CC2CCCCC2)n1Cc1cccs1. The van der Waals surface area contributed by atoms with E-state index in [4.69, 9.17) is 10.9 Å². The van der Waals surface area contributed by atoms with E-state index in [-0.39, 0.29) is 41.2 Å². The van der Waals surface area contributed by atoms with Crippen LogP contribution in [0.1, 0.15) is 75.5 Å². The van der Waals surface area contributed by atoms with E-state index in [0.29, 0.717) is 29.9 Å². The highest BCUT2D eigenvalue weighted by Crippen LogP contribution is 2.28. The first-order valence-corrected chi connectivity index (χ1v) is 15.4. The molecule has 1 aromatic carbocycles. The van der Waals surface area contributed by atoms with Crippen molar-refractivity contribution < 1.29 is 22.8 Å². The van der Waals surface area contributed by atoms with E-state index in [1.54, 1.807) is 35.0 Å². The number of sulfonamides is 1. The fraction of sp³-hybridized carbons (Fsp3) is 0.393. The fourth-order valence-electron chi connectivity index (χ4n) is 5.15. The van der Waals surface area contributed by atoms with Crippen molar-refractivity contribution in [3.63, 3.8) is 0 Å². The predicted molar refractivity (Wildman–Crippen MR) is 150 cm³/mol. The number of rotatable bonds is 11. The molecule has 9 nitrogen and oxygen atoms in total. The van der Waals surface area contributed by atoms with Gasteiger partial charge in [0.2, 0.25) is 15.9 Å². The lowest BCUT2D eigenvalue weighted by atomic mass is 9.86. The van der Waals surface area contributed by atoms with Crippen LogP contribution >= 0.6 is 11.3 Å². The van der Waals surface area contributed by atoms with Gasteiger partial charge in [0.25, 0.3) is 5.91 Å². The van der Waals surface area contributed by atoms with Crippen LogP contribution in [0.5, 0.6) is 0 Å². The van der Waals surface area contributed by atoms with Crippen molar-refractivity contribution in [3.8, 4) is 0 Å². The molecule has 2 aromatic heterocycles. The minimum atomic E-state index is -3.85. The van der Waals surface area contributed by atoms with Gasteiger partial charge in [-0.05, 0) is 60.9 Å². The fourth-order valence-corrected chi connectivity index (χ4v) is 6.35. The Kier molecular flexibility index (Phi) is 9.04. The molecule has 4 N–H and O–H groups in total. The molecular weight excluding hydrogens is 536 g/mol. The topological polar surface area (TPSA) is 146 Å². The van der Waals surface area contributed by atoms with Crippen molar-refractivity contribution in [3.05, 3.63) is 75.2 Å². The number of nitrogens with zero attached hydrogens (tertiary/aromatic N) is 2. The molecule has 1 aliphatic carbocycles. The van der Waals surface area contributed by atoms with Crippen molar-refractivity contribution in [1.29, 1.82) is 0 Å². The summed E-state index contributed by atoms with van der Waals surface area (Å²) in [6.07, 6.45) is 5.69. The molecule has 208 valence electrons. The molecule has 0 aliphatic heterocycles. The number of primary sulfonamides is 1. The summed E-state index contributed by atoms with van der Waals surface area (Å²) in [6.45, 7) is 2.11. The van der Waals surface area contributed by atoms with E-state index in [2.05, 4.69) is 0 Å². The number of ketones is 1. The number of carbonyl (C=O) groups is 3. The number of primary amides is 1. The number of nitrogens with two attached hydrogens (primary N) is 2. The minimum Gasteiger partial charge on any atom is -0.366 e. The Morgan fingerprint density at radius 2 is 1.77 bits per heavy atom. The van der Waals surface area contributed by atoms with Gasteiger partial charge in [-0.25, -0.2) is 13.6 Å². The van der Waals surface area contributed by atoms with Crippen molar-refractivity contribution in [2.45, 2.75) is 63.4 Å². The Bertz CT molecular complexity index is 1440. The highest BCUT2D eigenvalue weighted by molar-refractivity contribution is 7.89. The van der Waals surface area contributed by atoms with E-state index in [0.717, 1.165) is 30.6 Å². The van der Waals surface area contributed by atoms with Gasteiger partial charge in [-0.1, -0.05) is 37.5 Å². The van der Waals surface area contributed by atoms with Crippen molar-refractivity contribution >= 4 is 39.0 Å². The summed E-state index contributed by atoms with van der Waals surface area (Å²) >= 11 is 1.54. The minimum absolute atomic E-state index is 0.0248. The Morgan fingerprint density at radius 1 is 1.08 bits per heavy atom. The third-order valence-electron chi connectivity index (χ3n) is 7.31.